The zero-order valence-corrected chi connectivity index (χ0v) is 8.54. The van der Waals surface area contributed by atoms with Gasteiger partial charge in [0.05, 0.1) is 0 Å². The molecule has 0 amide bonds. The molecule has 0 fully saturated rings. The van der Waals surface area contributed by atoms with E-state index in [-0.39, 0.29) is 0 Å². The van der Waals surface area contributed by atoms with Crippen LogP contribution in [0.25, 0.3) is 11.4 Å². The SMILES string of the molecule is N#Cn1nnc(-c2ccc(CCN)cc2)n1. The molecule has 2 rings (SSSR count). The van der Waals surface area contributed by atoms with Gasteiger partial charge in [-0.25, -0.2) is 0 Å². The predicted octanol–water partition coefficient (Wildman–Crippen LogP) is 0.170. The van der Waals surface area contributed by atoms with Crippen molar-refractivity contribution in [3.63, 3.8) is 0 Å². The summed E-state index contributed by atoms with van der Waals surface area (Å²) in [6.07, 6.45) is 2.61. The van der Waals surface area contributed by atoms with Crippen molar-refractivity contribution in [2.45, 2.75) is 6.42 Å². The average Bonchev–Trinajstić information content (AvgIpc) is 2.79. The maximum Gasteiger partial charge on any atom is 0.226 e. The zero-order chi connectivity index (χ0) is 11.4. The van der Waals surface area contributed by atoms with Crippen molar-refractivity contribution in [1.29, 1.82) is 5.26 Å². The van der Waals surface area contributed by atoms with E-state index in [2.05, 4.69) is 15.4 Å². The summed E-state index contributed by atoms with van der Waals surface area (Å²) in [4.78, 5) is 0.878. The van der Waals surface area contributed by atoms with E-state index in [0.717, 1.165) is 16.8 Å². The molecule has 6 nitrogen and oxygen atoms in total. The Morgan fingerprint density at radius 2 is 2.06 bits per heavy atom. The highest BCUT2D eigenvalue weighted by molar-refractivity contribution is 5.54. The third kappa shape index (κ3) is 2.04. The van der Waals surface area contributed by atoms with Gasteiger partial charge in [0.25, 0.3) is 0 Å². The van der Waals surface area contributed by atoms with Gasteiger partial charge in [0.2, 0.25) is 12.0 Å². The van der Waals surface area contributed by atoms with Crippen LogP contribution >= 0.6 is 0 Å². The minimum atomic E-state index is 0.445. The van der Waals surface area contributed by atoms with Crippen molar-refractivity contribution in [3.8, 4) is 17.6 Å². The second-order valence-corrected chi connectivity index (χ2v) is 3.24. The molecule has 1 heterocycles. The highest BCUT2D eigenvalue weighted by atomic mass is 15.6. The summed E-state index contributed by atoms with van der Waals surface area (Å²) >= 11 is 0. The second-order valence-electron chi connectivity index (χ2n) is 3.24. The van der Waals surface area contributed by atoms with Crippen molar-refractivity contribution in [3.05, 3.63) is 29.8 Å². The lowest BCUT2D eigenvalue weighted by molar-refractivity contribution is 0.733. The molecule has 0 saturated carbocycles. The normalized spacial score (nSPS) is 10.0. The molecule has 0 saturated heterocycles. The number of nitrogens with zero attached hydrogens (tertiary/aromatic N) is 5. The summed E-state index contributed by atoms with van der Waals surface area (Å²) in [5, 5.41) is 19.8. The average molecular weight is 214 g/mol. The standard InChI is InChI=1S/C10H10N6/c11-6-5-8-1-3-9(4-2-8)10-13-15-16(7-12)14-10/h1-4H,5-6,11H2. The Hall–Kier alpha value is -2.26. The van der Waals surface area contributed by atoms with Gasteiger partial charge < -0.3 is 5.73 Å². The lowest BCUT2D eigenvalue weighted by atomic mass is 10.1. The number of hydrogen-bond acceptors (Lipinski definition) is 5. The van der Waals surface area contributed by atoms with Crippen LogP contribution in [-0.2, 0) is 6.42 Å². The quantitative estimate of drug-likeness (QED) is 0.786. The molecule has 0 unspecified atom stereocenters. The monoisotopic (exact) mass is 214 g/mol. The van der Waals surface area contributed by atoms with E-state index < -0.39 is 0 Å². The minimum absolute atomic E-state index is 0.445. The first-order valence-corrected chi connectivity index (χ1v) is 4.83. The number of nitrogens with two attached hydrogens (primary N) is 1. The van der Waals surface area contributed by atoms with E-state index in [9.17, 15) is 0 Å². The fraction of sp³-hybridized carbons (Fsp3) is 0.200. The Morgan fingerprint density at radius 1 is 1.31 bits per heavy atom. The van der Waals surface area contributed by atoms with Crippen LogP contribution in [0.4, 0.5) is 0 Å². The van der Waals surface area contributed by atoms with Gasteiger partial charge in [-0.15, -0.1) is 10.2 Å². The second kappa shape index (κ2) is 4.51. The maximum atomic E-state index is 8.55. The molecule has 0 bridgehead atoms. The molecule has 2 aromatic rings. The van der Waals surface area contributed by atoms with E-state index >= 15 is 0 Å². The molecule has 2 N–H and O–H groups in total. The van der Waals surface area contributed by atoms with Crippen LogP contribution < -0.4 is 5.73 Å². The Labute approximate surface area is 92.3 Å². The minimum Gasteiger partial charge on any atom is -0.330 e. The van der Waals surface area contributed by atoms with Gasteiger partial charge in [-0.3, -0.25) is 0 Å². The predicted molar refractivity (Wildman–Crippen MR) is 57.0 cm³/mol. The van der Waals surface area contributed by atoms with E-state index in [1.807, 2.05) is 24.3 Å². The molecule has 1 aromatic carbocycles. The smallest absolute Gasteiger partial charge is 0.226 e. The van der Waals surface area contributed by atoms with E-state index in [0.29, 0.717) is 12.4 Å². The van der Waals surface area contributed by atoms with Gasteiger partial charge >= 0.3 is 0 Å². The highest BCUT2D eigenvalue weighted by Gasteiger charge is 2.04. The summed E-state index contributed by atoms with van der Waals surface area (Å²) in [5.74, 6) is 0.445. The Kier molecular flexibility index (Phi) is 2.89. The third-order valence-corrected chi connectivity index (χ3v) is 2.15. The Morgan fingerprint density at radius 3 is 2.62 bits per heavy atom. The third-order valence-electron chi connectivity index (χ3n) is 2.15. The number of rotatable bonds is 3. The first-order valence-electron chi connectivity index (χ1n) is 4.83. The molecule has 0 aliphatic heterocycles. The molecule has 0 spiro atoms. The van der Waals surface area contributed by atoms with Crippen LogP contribution in [0.2, 0.25) is 0 Å². The number of aromatic nitrogens is 4. The molecule has 80 valence electrons. The van der Waals surface area contributed by atoms with Crippen LogP contribution in [-0.4, -0.2) is 26.8 Å². The van der Waals surface area contributed by atoms with Crippen molar-refractivity contribution in [2.24, 2.45) is 5.73 Å². The molecule has 0 aliphatic rings. The number of nitriles is 1. The van der Waals surface area contributed by atoms with Crippen molar-refractivity contribution < 1.29 is 0 Å². The van der Waals surface area contributed by atoms with Crippen molar-refractivity contribution in [1.82, 2.24) is 20.2 Å². The molecule has 16 heavy (non-hydrogen) atoms. The highest BCUT2D eigenvalue weighted by Crippen LogP contribution is 2.14. The van der Waals surface area contributed by atoms with E-state index in [4.69, 9.17) is 11.0 Å². The van der Waals surface area contributed by atoms with Crippen LogP contribution in [0.3, 0.4) is 0 Å². The maximum absolute atomic E-state index is 8.55. The zero-order valence-electron chi connectivity index (χ0n) is 8.54. The lowest BCUT2D eigenvalue weighted by Gasteiger charge is -1.98. The summed E-state index contributed by atoms with van der Waals surface area (Å²) in [6, 6.07) is 7.72. The van der Waals surface area contributed by atoms with Gasteiger partial charge in [-0.2, -0.15) is 5.26 Å². The van der Waals surface area contributed by atoms with Crippen molar-refractivity contribution in [2.75, 3.05) is 6.54 Å². The molecule has 1 aromatic heterocycles. The molecule has 0 radical (unpaired) electrons. The summed E-state index contributed by atoms with van der Waals surface area (Å²) in [5.41, 5.74) is 7.46. The Balaban J connectivity index is 2.24. The number of benzene rings is 1. The molecular weight excluding hydrogens is 204 g/mol. The molecule has 0 atom stereocenters. The number of hydrogen-bond donors (Lipinski definition) is 1. The van der Waals surface area contributed by atoms with Gasteiger partial charge in [0.15, 0.2) is 0 Å². The van der Waals surface area contributed by atoms with Crippen molar-refractivity contribution >= 4 is 0 Å². The lowest BCUT2D eigenvalue weighted by Crippen LogP contribution is -2.02. The van der Waals surface area contributed by atoms with Gasteiger partial charge in [0, 0.05) is 5.56 Å². The molecular formula is C10H10N6. The first kappa shape index (κ1) is 10.3. The van der Waals surface area contributed by atoms with Gasteiger partial charge in [0.1, 0.15) is 0 Å². The summed E-state index contributed by atoms with van der Waals surface area (Å²) in [6.45, 7) is 0.627. The topological polar surface area (TPSA) is 93.4 Å². The van der Waals surface area contributed by atoms with E-state index in [1.165, 1.54) is 5.56 Å². The molecule has 0 aliphatic carbocycles. The largest absolute Gasteiger partial charge is 0.330 e. The summed E-state index contributed by atoms with van der Waals surface area (Å²) in [7, 11) is 0. The molecule has 6 heteroatoms. The first-order chi connectivity index (χ1) is 7.83. The van der Waals surface area contributed by atoms with Crippen LogP contribution in [0, 0.1) is 11.5 Å². The van der Waals surface area contributed by atoms with Gasteiger partial charge in [-0.1, -0.05) is 29.1 Å². The van der Waals surface area contributed by atoms with Gasteiger partial charge in [-0.05, 0) is 23.7 Å². The van der Waals surface area contributed by atoms with Crippen LogP contribution in [0.5, 0.6) is 0 Å². The Bertz CT molecular complexity index is 507. The van der Waals surface area contributed by atoms with Crippen LogP contribution in [0.15, 0.2) is 24.3 Å². The van der Waals surface area contributed by atoms with E-state index in [1.54, 1.807) is 6.19 Å². The number of tetrazole rings is 1. The fourth-order valence-corrected chi connectivity index (χ4v) is 1.36. The van der Waals surface area contributed by atoms with Crippen LogP contribution in [0.1, 0.15) is 5.56 Å². The fourth-order valence-electron chi connectivity index (χ4n) is 1.36. The summed E-state index contributed by atoms with van der Waals surface area (Å²) < 4.78 is 0.